The molecule has 42 heavy (non-hydrogen) atoms. The van der Waals surface area contributed by atoms with Gasteiger partial charge in [0, 0.05) is 61.4 Å². The van der Waals surface area contributed by atoms with Gasteiger partial charge in [-0.2, -0.15) is 15.9 Å². The van der Waals surface area contributed by atoms with Crippen molar-refractivity contribution in [1.82, 2.24) is 15.3 Å². The number of carbonyl (C=O) groups excluding carboxylic acids is 1. The third kappa shape index (κ3) is 6.12. The van der Waals surface area contributed by atoms with E-state index in [4.69, 9.17) is 16.6 Å². The fourth-order valence-corrected chi connectivity index (χ4v) is 8.23. The van der Waals surface area contributed by atoms with Crippen molar-refractivity contribution in [3.05, 3.63) is 53.4 Å². The molecule has 0 radical (unpaired) electrons. The summed E-state index contributed by atoms with van der Waals surface area (Å²) in [7, 11) is -2.53. The molecule has 2 atom stereocenters. The van der Waals surface area contributed by atoms with E-state index in [2.05, 4.69) is 21.3 Å². The van der Waals surface area contributed by atoms with Crippen molar-refractivity contribution >= 4 is 45.1 Å². The average molecular weight is 634 g/mol. The summed E-state index contributed by atoms with van der Waals surface area (Å²) < 4.78 is 49.8. The SMILES string of the molecule is N#CC1(NC(=O)[C@@H]2CCC(F)(F)C[C@H]2c2nc(-c3cncc(Cl)c3)sc2-c2ccc(N3CCS(O)(O)CC3)cc2)CC1. The van der Waals surface area contributed by atoms with Gasteiger partial charge in [-0.25, -0.2) is 13.8 Å². The van der Waals surface area contributed by atoms with E-state index < -0.39 is 46.7 Å². The summed E-state index contributed by atoms with van der Waals surface area (Å²) in [5.41, 5.74) is 1.87. The molecule has 3 N–H and O–H groups in total. The van der Waals surface area contributed by atoms with Gasteiger partial charge in [-0.3, -0.25) is 18.9 Å². The van der Waals surface area contributed by atoms with Gasteiger partial charge in [0.05, 0.1) is 33.2 Å². The normalized spacial score (nSPS) is 24.8. The Morgan fingerprint density at radius 3 is 2.50 bits per heavy atom. The summed E-state index contributed by atoms with van der Waals surface area (Å²) >= 11 is 7.54. The number of carbonyl (C=O) groups is 1. The summed E-state index contributed by atoms with van der Waals surface area (Å²) in [4.78, 5) is 25.2. The van der Waals surface area contributed by atoms with E-state index in [1.54, 1.807) is 12.3 Å². The highest BCUT2D eigenvalue weighted by Gasteiger charge is 2.50. The van der Waals surface area contributed by atoms with Crippen LogP contribution in [0.15, 0.2) is 42.7 Å². The van der Waals surface area contributed by atoms with Crippen LogP contribution in [0.1, 0.15) is 43.7 Å². The first-order valence-electron chi connectivity index (χ1n) is 13.8. The number of nitriles is 1. The van der Waals surface area contributed by atoms with Crippen molar-refractivity contribution in [3.63, 3.8) is 0 Å². The number of hydrogen-bond acceptors (Lipinski definition) is 8. The maximum absolute atomic E-state index is 14.9. The van der Waals surface area contributed by atoms with Crippen LogP contribution >= 0.6 is 33.5 Å². The summed E-state index contributed by atoms with van der Waals surface area (Å²) in [6.07, 6.45) is 3.30. The number of benzene rings is 1. The fraction of sp³-hybridized carbons (Fsp3) is 0.448. The molecular formula is C29H30ClF2N5O3S2. The molecular weight excluding hydrogens is 604 g/mol. The van der Waals surface area contributed by atoms with E-state index >= 15 is 0 Å². The maximum Gasteiger partial charge on any atom is 0.248 e. The van der Waals surface area contributed by atoms with Gasteiger partial charge in [-0.15, -0.1) is 11.3 Å². The Morgan fingerprint density at radius 1 is 1.14 bits per heavy atom. The Balaban J connectivity index is 1.38. The van der Waals surface area contributed by atoms with Gasteiger partial charge >= 0.3 is 0 Å². The molecule has 0 unspecified atom stereocenters. The van der Waals surface area contributed by atoms with E-state index in [9.17, 15) is 27.9 Å². The number of thiazole rings is 1. The number of amides is 1. The van der Waals surface area contributed by atoms with Crippen molar-refractivity contribution in [2.45, 2.75) is 49.5 Å². The third-order valence-corrected chi connectivity index (χ3v) is 11.4. The quantitative estimate of drug-likeness (QED) is 0.273. The molecule has 6 rings (SSSR count). The molecule has 1 saturated heterocycles. The highest BCUT2D eigenvalue weighted by Crippen LogP contribution is 2.50. The molecule has 3 aliphatic rings. The third-order valence-electron chi connectivity index (χ3n) is 8.32. The van der Waals surface area contributed by atoms with Crippen LogP contribution in [0.2, 0.25) is 5.02 Å². The molecule has 0 bridgehead atoms. The lowest BCUT2D eigenvalue weighted by atomic mass is 9.74. The first kappa shape index (κ1) is 29.3. The van der Waals surface area contributed by atoms with Gasteiger partial charge in [0.1, 0.15) is 10.5 Å². The maximum atomic E-state index is 14.9. The Labute approximate surface area is 253 Å². The summed E-state index contributed by atoms with van der Waals surface area (Å²) in [5.74, 6) is -4.32. The molecule has 3 heterocycles. The van der Waals surface area contributed by atoms with Crippen LogP contribution in [0.5, 0.6) is 0 Å². The van der Waals surface area contributed by atoms with Gasteiger partial charge < -0.3 is 10.2 Å². The van der Waals surface area contributed by atoms with Crippen molar-refractivity contribution < 1.29 is 22.7 Å². The lowest BCUT2D eigenvalue weighted by Gasteiger charge is -2.41. The molecule has 222 valence electrons. The molecule has 1 amide bonds. The Morgan fingerprint density at radius 2 is 1.86 bits per heavy atom. The summed E-state index contributed by atoms with van der Waals surface area (Å²) in [6.45, 7) is 1.05. The molecule has 2 aliphatic carbocycles. The second-order valence-electron chi connectivity index (χ2n) is 11.4. The molecule has 1 aliphatic heterocycles. The minimum absolute atomic E-state index is 0.0108. The number of alkyl halides is 2. The van der Waals surface area contributed by atoms with Crippen LogP contribution in [0.3, 0.4) is 0 Å². The Kier molecular flexibility index (Phi) is 7.68. The molecule has 0 spiro atoms. The second kappa shape index (κ2) is 11.0. The van der Waals surface area contributed by atoms with Crippen LogP contribution < -0.4 is 10.2 Å². The fourth-order valence-electron chi connectivity index (χ4n) is 5.70. The Bertz CT molecular complexity index is 1530. The smallest absolute Gasteiger partial charge is 0.248 e. The molecule has 2 aromatic heterocycles. The van der Waals surface area contributed by atoms with E-state index in [1.165, 1.54) is 17.5 Å². The minimum Gasteiger partial charge on any atom is -0.368 e. The monoisotopic (exact) mass is 633 g/mol. The van der Waals surface area contributed by atoms with Crippen LogP contribution in [0.25, 0.3) is 21.0 Å². The standard InChI is InChI=1S/C29H30ClF2N5O3S2/c30-20-13-19(15-34-16-20)27-35-24(23-14-29(31,32)6-5-22(23)26(38)36-28(17-33)7-8-28)25(41-27)18-1-3-21(4-2-18)37-9-11-42(39,40)12-10-37/h1-4,13,15-16,22-23,39-40H,5-12,14H2,(H,36,38)/t22-,23-/m1/s1. The van der Waals surface area contributed by atoms with Gasteiger partial charge in [-0.05, 0) is 43.0 Å². The van der Waals surface area contributed by atoms with Crippen LogP contribution in [-0.2, 0) is 4.79 Å². The van der Waals surface area contributed by atoms with E-state index in [0.29, 0.717) is 63.6 Å². The van der Waals surface area contributed by atoms with Gasteiger partial charge in [0.25, 0.3) is 0 Å². The highest BCUT2D eigenvalue weighted by atomic mass is 35.5. The zero-order chi connectivity index (χ0) is 29.7. The Hall–Kier alpha value is -2.82. The van der Waals surface area contributed by atoms with Gasteiger partial charge in [0.15, 0.2) is 0 Å². The zero-order valence-electron chi connectivity index (χ0n) is 22.6. The topological polar surface area (TPSA) is 122 Å². The van der Waals surface area contributed by atoms with Crippen LogP contribution in [0.4, 0.5) is 14.5 Å². The number of aromatic nitrogens is 2. The highest BCUT2D eigenvalue weighted by molar-refractivity contribution is 8.24. The minimum atomic E-state index is -2.96. The average Bonchev–Trinajstić information content (AvgIpc) is 3.58. The largest absolute Gasteiger partial charge is 0.368 e. The summed E-state index contributed by atoms with van der Waals surface area (Å²) in [5, 5.41) is 13.3. The van der Waals surface area contributed by atoms with E-state index in [-0.39, 0.29) is 12.3 Å². The second-order valence-corrected chi connectivity index (χ2v) is 15.2. The van der Waals surface area contributed by atoms with Crippen molar-refractivity contribution in [2.24, 2.45) is 5.92 Å². The van der Waals surface area contributed by atoms with Crippen molar-refractivity contribution in [1.29, 1.82) is 5.26 Å². The zero-order valence-corrected chi connectivity index (χ0v) is 25.0. The van der Waals surface area contributed by atoms with E-state index in [0.717, 1.165) is 11.3 Å². The number of nitrogens with zero attached hydrogens (tertiary/aromatic N) is 4. The molecule has 13 heteroatoms. The number of anilines is 1. The lowest BCUT2D eigenvalue weighted by Crippen LogP contribution is -2.45. The number of nitrogens with one attached hydrogen (secondary N) is 1. The summed E-state index contributed by atoms with van der Waals surface area (Å²) in [6, 6.07) is 11.5. The predicted octanol–water partition coefficient (Wildman–Crippen LogP) is 6.79. The van der Waals surface area contributed by atoms with Crippen molar-refractivity contribution in [3.8, 4) is 27.1 Å². The van der Waals surface area contributed by atoms with Gasteiger partial charge in [-0.1, -0.05) is 23.7 Å². The molecule has 1 aromatic carbocycles. The molecule has 8 nitrogen and oxygen atoms in total. The van der Waals surface area contributed by atoms with Gasteiger partial charge in [0.2, 0.25) is 11.8 Å². The first-order chi connectivity index (χ1) is 20.0. The number of rotatable bonds is 6. The molecule has 3 aromatic rings. The van der Waals surface area contributed by atoms with Crippen molar-refractivity contribution in [2.75, 3.05) is 29.5 Å². The van der Waals surface area contributed by atoms with E-state index in [1.807, 2.05) is 24.3 Å². The van der Waals surface area contributed by atoms with Crippen LogP contribution in [-0.4, -0.2) is 61.0 Å². The molecule has 2 saturated carbocycles. The first-order valence-corrected chi connectivity index (χ1v) is 16.9. The number of pyridine rings is 1. The van der Waals surface area contributed by atoms with Crippen LogP contribution in [0, 0.1) is 17.2 Å². The number of hydrogen-bond donors (Lipinski definition) is 3. The lowest BCUT2D eigenvalue weighted by molar-refractivity contribution is -0.131. The number of halogens is 3. The molecule has 3 fully saturated rings. The predicted molar refractivity (Wildman–Crippen MR) is 161 cm³/mol.